The van der Waals surface area contributed by atoms with Gasteiger partial charge >= 0.3 is 0 Å². The van der Waals surface area contributed by atoms with Crippen LogP contribution in [0.25, 0.3) is 0 Å². The standard InChI is InChI=1S/C21H24N2O6/c1-27-18-8-5-16(13-19(18)28-2)21(9-11-29-12-10-21)14-22-20(24)15-3-6-17(7-4-15)23(25)26/h3-8,13H,9-12,14H2,1-2H3,(H,22,24). The van der Waals surface area contributed by atoms with Crippen LogP contribution in [0.2, 0.25) is 0 Å². The monoisotopic (exact) mass is 400 g/mol. The van der Waals surface area contributed by atoms with Crippen molar-refractivity contribution in [3.05, 3.63) is 63.7 Å². The zero-order valence-corrected chi connectivity index (χ0v) is 16.5. The minimum atomic E-state index is -0.490. The van der Waals surface area contributed by atoms with E-state index < -0.39 is 4.92 Å². The molecule has 0 spiro atoms. The number of rotatable bonds is 7. The van der Waals surface area contributed by atoms with Crippen LogP contribution in [0.1, 0.15) is 28.8 Å². The highest BCUT2D eigenvalue weighted by atomic mass is 16.6. The second kappa shape index (κ2) is 8.91. The lowest BCUT2D eigenvalue weighted by Crippen LogP contribution is -2.44. The summed E-state index contributed by atoms with van der Waals surface area (Å²) in [7, 11) is 3.18. The van der Waals surface area contributed by atoms with E-state index in [2.05, 4.69) is 5.32 Å². The van der Waals surface area contributed by atoms with Crippen molar-refractivity contribution in [2.45, 2.75) is 18.3 Å². The maximum atomic E-state index is 12.6. The summed E-state index contributed by atoms with van der Waals surface area (Å²) < 4.78 is 16.3. The van der Waals surface area contributed by atoms with Gasteiger partial charge in [0, 0.05) is 42.9 Å². The number of nitro benzene ring substituents is 1. The molecular weight excluding hydrogens is 376 g/mol. The molecule has 8 heteroatoms. The molecular formula is C21H24N2O6. The third-order valence-corrected chi connectivity index (χ3v) is 5.37. The molecule has 1 aliphatic heterocycles. The highest BCUT2D eigenvalue weighted by Gasteiger charge is 2.35. The zero-order valence-electron chi connectivity index (χ0n) is 16.5. The first-order valence-electron chi connectivity index (χ1n) is 9.32. The van der Waals surface area contributed by atoms with Gasteiger partial charge < -0.3 is 19.5 Å². The number of carbonyl (C=O) groups is 1. The van der Waals surface area contributed by atoms with Crippen LogP contribution in [0.5, 0.6) is 11.5 Å². The summed E-state index contributed by atoms with van der Waals surface area (Å²) in [5.41, 5.74) is 1.08. The van der Waals surface area contributed by atoms with Gasteiger partial charge in [-0.25, -0.2) is 0 Å². The lowest BCUT2D eigenvalue weighted by Gasteiger charge is -2.38. The summed E-state index contributed by atoms with van der Waals surface area (Å²) in [4.78, 5) is 22.9. The summed E-state index contributed by atoms with van der Waals surface area (Å²) in [6, 6.07) is 11.4. The maximum Gasteiger partial charge on any atom is 0.269 e. The second-order valence-corrected chi connectivity index (χ2v) is 6.95. The van der Waals surface area contributed by atoms with Crippen molar-refractivity contribution in [3.8, 4) is 11.5 Å². The predicted molar refractivity (Wildman–Crippen MR) is 107 cm³/mol. The van der Waals surface area contributed by atoms with Gasteiger partial charge in [-0.1, -0.05) is 6.07 Å². The minimum Gasteiger partial charge on any atom is -0.493 e. The van der Waals surface area contributed by atoms with Crippen LogP contribution >= 0.6 is 0 Å². The third kappa shape index (κ3) is 4.48. The first-order valence-corrected chi connectivity index (χ1v) is 9.32. The van der Waals surface area contributed by atoms with Crippen molar-refractivity contribution < 1.29 is 23.9 Å². The lowest BCUT2D eigenvalue weighted by atomic mass is 9.74. The molecule has 0 aromatic heterocycles. The number of nitrogens with one attached hydrogen (secondary N) is 1. The van der Waals surface area contributed by atoms with Crippen LogP contribution in [-0.2, 0) is 10.2 Å². The normalized spacial score (nSPS) is 15.4. The van der Waals surface area contributed by atoms with E-state index in [1.54, 1.807) is 14.2 Å². The Balaban J connectivity index is 1.80. The van der Waals surface area contributed by atoms with Crippen molar-refractivity contribution in [2.75, 3.05) is 34.0 Å². The minimum absolute atomic E-state index is 0.0484. The average molecular weight is 400 g/mol. The first-order chi connectivity index (χ1) is 14.0. The Hall–Kier alpha value is -3.13. The Kier molecular flexibility index (Phi) is 6.33. The largest absolute Gasteiger partial charge is 0.493 e. The summed E-state index contributed by atoms with van der Waals surface area (Å²) in [5, 5.41) is 13.8. The summed E-state index contributed by atoms with van der Waals surface area (Å²) >= 11 is 0. The molecule has 0 bridgehead atoms. The van der Waals surface area contributed by atoms with Gasteiger partial charge in [-0.15, -0.1) is 0 Å². The second-order valence-electron chi connectivity index (χ2n) is 6.95. The molecule has 0 aliphatic carbocycles. The smallest absolute Gasteiger partial charge is 0.269 e. The van der Waals surface area contributed by atoms with Crippen molar-refractivity contribution in [2.24, 2.45) is 0 Å². The van der Waals surface area contributed by atoms with Gasteiger partial charge in [0.15, 0.2) is 11.5 Å². The molecule has 0 unspecified atom stereocenters. The number of hydrogen-bond donors (Lipinski definition) is 1. The fourth-order valence-electron chi connectivity index (χ4n) is 3.58. The van der Waals surface area contributed by atoms with E-state index in [1.807, 2.05) is 18.2 Å². The lowest BCUT2D eigenvalue weighted by molar-refractivity contribution is -0.384. The molecule has 1 heterocycles. The van der Waals surface area contributed by atoms with E-state index in [1.165, 1.54) is 24.3 Å². The van der Waals surface area contributed by atoms with Gasteiger partial charge in [-0.05, 0) is 42.7 Å². The van der Waals surface area contributed by atoms with Crippen molar-refractivity contribution in [1.82, 2.24) is 5.32 Å². The quantitative estimate of drug-likeness (QED) is 0.566. The SMILES string of the molecule is COc1ccc(C2(CNC(=O)c3ccc([N+](=O)[O-])cc3)CCOCC2)cc1OC. The topological polar surface area (TPSA) is 99.9 Å². The Morgan fingerprint density at radius 3 is 2.34 bits per heavy atom. The third-order valence-electron chi connectivity index (χ3n) is 5.37. The molecule has 1 fully saturated rings. The summed E-state index contributed by atoms with van der Waals surface area (Å²) in [6.07, 6.45) is 1.51. The van der Waals surface area contributed by atoms with Crippen LogP contribution in [0.3, 0.4) is 0 Å². The number of amides is 1. The van der Waals surface area contributed by atoms with Crippen LogP contribution in [-0.4, -0.2) is 44.8 Å². The maximum absolute atomic E-state index is 12.6. The van der Waals surface area contributed by atoms with Gasteiger partial charge in [0.25, 0.3) is 11.6 Å². The Morgan fingerprint density at radius 2 is 1.76 bits per heavy atom. The van der Waals surface area contributed by atoms with E-state index in [-0.39, 0.29) is 17.0 Å². The first kappa shape index (κ1) is 20.6. The van der Waals surface area contributed by atoms with E-state index in [9.17, 15) is 14.9 Å². The van der Waals surface area contributed by atoms with E-state index in [0.29, 0.717) is 36.8 Å². The van der Waals surface area contributed by atoms with Gasteiger partial charge in [-0.2, -0.15) is 0 Å². The molecule has 3 rings (SSSR count). The fourth-order valence-corrected chi connectivity index (χ4v) is 3.58. The number of benzene rings is 2. The number of hydrogen-bond acceptors (Lipinski definition) is 6. The van der Waals surface area contributed by atoms with Gasteiger partial charge in [0.05, 0.1) is 19.1 Å². The van der Waals surface area contributed by atoms with E-state index >= 15 is 0 Å². The van der Waals surface area contributed by atoms with Crippen LogP contribution in [0.4, 0.5) is 5.69 Å². The van der Waals surface area contributed by atoms with Crippen LogP contribution in [0, 0.1) is 10.1 Å². The molecule has 8 nitrogen and oxygen atoms in total. The molecule has 29 heavy (non-hydrogen) atoms. The van der Waals surface area contributed by atoms with E-state index in [4.69, 9.17) is 14.2 Å². The Labute approximate surface area is 168 Å². The number of methoxy groups -OCH3 is 2. The number of ether oxygens (including phenoxy) is 3. The summed E-state index contributed by atoms with van der Waals surface area (Å²) in [5.74, 6) is 1.01. The molecule has 1 aliphatic rings. The van der Waals surface area contributed by atoms with Gasteiger partial charge in [-0.3, -0.25) is 14.9 Å². The number of carbonyl (C=O) groups excluding carboxylic acids is 1. The van der Waals surface area contributed by atoms with Gasteiger partial charge in [0.1, 0.15) is 0 Å². The summed E-state index contributed by atoms with van der Waals surface area (Å²) in [6.45, 7) is 1.62. The highest BCUT2D eigenvalue weighted by molar-refractivity contribution is 5.94. The zero-order chi connectivity index (χ0) is 20.9. The molecule has 2 aromatic carbocycles. The molecule has 1 amide bonds. The molecule has 0 saturated carbocycles. The van der Waals surface area contributed by atoms with Crippen molar-refractivity contribution in [3.63, 3.8) is 0 Å². The average Bonchev–Trinajstić information content (AvgIpc) is 2.77. The molecule has 154 valence electrons. The molecule has 0 radical (unpaired) electrons. The molecule has 2 aromatic rings. The van der Waals surface area contributed by atoms with E-state index in [0.717, 1.165) is 18.4 Å². The van der Waals surface area contributed by atoms with Crippen LogP contribution < -0.4 is 14.8 Å². The molecule has 0 atom stereocenters. The Bertz CT molecular complexity index is 875. The predicted octanol–water partition coefficient (Wildman–Crippen LogP) is 3.09. The van der Waals surface area contributed by atoms with Crippen molar-refractivity contribution >= 4 is 11.6 Å². The van der Waals surface area contributed by atoms with Crippen molar-refractivity contribution in [1.29, 1.82) is 0 Å². The highest BCUT2D eigenvalue weighted by Crippen LogP contribution is 2.38. The number of nitrogens with zero attached hydrogens (tertiary/aromatic N) is 1. The molecule has 1 saturated heterocycles. The number of nitro groups is 1. The van der Waals surface area contributed by atoms with Gasteiger partial charge in [0.2, 0.25) is 0 Å². The Morgan fingerprint density at radius 1 is 1.10 bits per heavy atom. The number of non-ortho nitro benzene ring substituents is 1. The fraction of sp³-hybridized carbons (Fsp3) is 0.381. The molecule has 1 N–H and O–H groups in total. The van der Waals surface area contributed by atoms with Crippen LogP contribution in [0.15, 0.2) is 42.5 Å².